The third-order valence-electron chi connectivity index (χ3n) is 12.3. The van der Waals surface area contributed by atoms with Crippen LogP contribution in [-0.2, 0) is 25.1 Å². The van der Waals surface area contributed by atoms with Crippen molar-refractivity contribution in [2.45, 2.75) is 99.8 Å². The predicted molar refractivity (Wildman–Crippen MR) is 190 cm³/mol. The molecule has 6 aliphatic rings. The number of nitrogens with zero attached hydrogens (tertiary/aromatic N) is 2. The Hall–Kier alpha value is -1.74. The molecule has 6 fully saturated rings. The number of amides is 3. The van der Waals surface area contributed by atoms with E-state index in [1.807, 2.05) is 29.0 Å². The lowest BCUT2D eigenvalue weighted by Crippen LogP contribution is -2.52. The van der Waals surface area contributed by atoms with E-state index in [1.54, 1.807) is 19.1 Å². The summed E-state index contributed by atoms with van der Waals surface area (Å²) in [6, 6.07) is 12.2. The highest BCUT2D eigenvalue weighted by Crippen LogP contribution is 2.66. The van der Waals surface area contributed by atoms with Crippen molar-refractivity contribution < 1.29 is 19.1 Å². The van der Waals surface area contributed by atoms with E-state index in [-0.39, 0.29) is 40.6 Å². The number of hydrogen-bond donors (Lipinski definition) is 1. The predicted octanol–water partition coefficient (Wildman–Crippen LogP) is 8.63. The zero-order valence-electron chi connectivity index (χ0n) is 27.7. The third kappa shape index (κ3) is 6.94. The van der Waals surface area contributed by atoms with Crippen molar-refractivity contribution in [3.05, 3.63) is 67.6 Å². The molecule has 0 bridgehead atoms. The number of benzene rings is 2. The van der Waals surface area contributed by atoms with Crippen molar-refractivity contribution in [2.24, 2.45) is 11.8 Å². The van der Waals surface area contributed by atoms with Gasteiger partial charge in [0.1, 0.15) is 0 Å². The SMILES string of the molecule is CC(=O)N1CCC(N(C)C(=O)N[C@@H]2CC[C@@]3(c4cc(Cl)cc(Cl)c4)CC3C2)CC1.Clc1cc(Cl)cc(C23CCC4(CC2C3)OCCO4)c1. The maximum absolute atomic E-state index is 12.8. The summed E-state index contributed by atoms with van der Waals surface area (Å²) in [5.74, 6) is 1.06. The number of fused-ring (bicyclic) bond motifs is 2. The van der Waals surface area contributed by atoms with Gasteiger partial charge in [0.15, 0.2) is 5.79 Å². The van der Waals surface area contributed by atoms with Crippen LogP contribution in [-0.4, -0.2) is 73.0 Å². The fourth-order valence-corrected chi connectivity index (χ4v) is 10.4. The molecule has 3 unspecified atom stereocenters. The summed E-state index contributed by atoms with van der Waals surface area (Å²) in [5.41, 5.74) is 3.01. The minimum atomic E-state index is -0.285. The maximum Gasteiger partial charge on any atom is 0.317 e. The van der Waals surface area contributed by atoms with Gasteiger partial charge >= 0.3 is 6.03 Å². The highest BCUT2D eigenvalue weighted by molar-refractivity contribution is 6.35. The van der Waals surface area contributed by atoms with E-state index in [0.29, 0.717) is 21.9 Å². The number of hydrogen-bond acceptors (Lipinski definition) is 4. The van der Waals surface area contributed by atoms with E-state index < -0.39 is 0 Å². The van der Waals surface area contributed by atoms with Gasteiger partial charge in [0.25, 0.3) is 0 Å². The van der Waals surface area contributed by atoms with Gasteiger partial charge in [0, 0.05) is 72.1 Å². The molecule has 260 valence electrons. The number of carbonyl (C=O) groups excluding carboxylic acids is 2. The van der Waals surface area contributed by atoms with Gasteiger partial charge in [-0.2, -0.15) is 0 Å². The van der Waals surface area contributed by atoms with E-state index in [0.717, 1.165) is 94.1 Å². The van der Waals surface area contributed by atoms with Gasteiger partial charge in [0.05, 0.1) is 13.2 Å². The molecule has 5 atom stereocenters. The largest absolute Gasteiger partial charge is 0.348 e. The number of rotatable bonds is 4. The molecule has 48 heavy (non-hydrogen) atoms. The fourth-order valence-electron chi connectivity index (χ4n) is 9.31. The molecule has 4 aliphatic carbocycles. The Kier molecular flexibility index (Phi) is 9.71. The second-order valence-electron chi connectivity index (χ2n) is 15.0. The van der Waals surface area contributed by atoms with Crippen molar-refractivity contribution in [1.29, 1.82) is 0 Å². The Bertz CT molecular complexity index is 1520. The molecule has 0 radical (unpaired) electrons. The van der Waals surface area contributed by atoms with E-state index in [1.165, 1.54) is 17.5 Å². The first-order valence-electron chi connectivity index (χ1n) is 17.4. The van der Waals surface area contributed by atoms with Crippen molar-refractivity contribution in [3.63, 3.8) is 0 Å². The van der Waals surface area contributed by atoms with Crippen LogP contribution in [0.4, 0.5) is 4.79 Å². The van der Waals surface area contributed by atoms with E-state index >= 15 is 0 Å². The number of nitrogens with one attached hydrogen (secondary N) is 1. The highest BCUT2D eigenvalue weighted by Gasteiger charge is 2.62. The van der Waals surface area contributed by atoms with Crippen LogP contribution < -0.4 is 5.32 Å². The smallest absolute Gasteiger partial charge is 0.317 e. The maximum atomic E-state index is 12.8. The number of piperidine rings is 1. The van der Waals surface area contributed by atoms with Crippen LogP contribution in [0.15, 0.2) is 36.4 Å². The van der Waals surface area contributed by atoms with E-state index in [9.17, 15) is 9.59 Å². The Labute approximate surface area is 303 Å². The number of halogens is 4. The highest BCUT2D eigenvalue weighted by atomic mass is 35.5. The van der Waals surface area contributed by atoms with Gasteiger partial charge in [-0.1, -0.05) is 46.4 Å². The lowest BCUT2D eigenvalue weighted by atomic mass is 9.80. The molecule has 2 aromatic carbocycles. The second kappa shape index (κ2) is 13.4. The summed E-state index contributed by atoms with van der Waals surface area (Å²) in [7, 11) is 1.88. The summed E-state index contributed by atoms with van der Waals surface area (Å²) in [5, 5.41) is 6.11. The molecule has 11 heteroatoms. The third-order valence-corrected chi connectivity index (χ3v) is 13.1. The Morgan fingerprint density at radius 3 is 1.83 bits per heavy atom. The Balaban J connectivity index is 0.000000165. The lowest BCUT2D eigenvalue weighted by Gasteiger charge is -2.37. The van der Waals surface area contributed by atoms with Gasteiger partial charge in [-0.3, -0.25) is 4.79 Å². The normalized spacial score (nSPS) is 31.6. The van der Waals surface area contributed by atoms with Crippen molar-refractivity contribution >= 4 is 58.3 Å². The standard InChI is InChI=1S/C22H29Cl2N3O2.C15H16Cl2O2/c1-14(28)27-7-4-20(5-8-27)26(2)21(29)25-19-3-6-22(13-16(22)11-19)15-9-17(23)12-18(24)10-15;16-12-5-10(6-13(17)7-12)14-1-2-15(9-11(14)8-14)18-3-4-19-15/h9-10,12,16,19-20H,3-8,11,13H2,1-2H3,(H,25,29);5-7,11H,1-4,8-9H2/t16?,19-,22+;/m1./s1. The first kappa shape index (κ1) is 34.7. The van der Waals surface area contributed by atoms with E-state index in [4.69, 9.17) is 55.9 Å². The minimum Gasteiger partial charge on any atom is -0.348 e. The average Bonchev–Trinajstić information content (AvgIpc) is 3.92. The molecule has 2 saturated heterocycles. The van der Waals surface area contributed by atoms with Gasteiger partial charge in [-0.25, -0.2) is 4.79 Å². The van der Waals surface area contributed by atoms with Crippen LogP contribution in [0.25, 0.3) is 0 Å². The Morgan fingerprint density at radius 1 is 0.771 bits per heavy atom. The van der Waals surface area contributed by atoms with Crippen LogP contribution in [0.5, 0.6) is 0 Å². The number of ether oxygens (including phenoxy) is 2. The molecule has 2 aliphatic heterocycles. The number of likely N-dealkylation sites (tertiary alicyclic amines) is 1. The van der Waals surface area contributed by atoms with Crippen LogP contribution >= 0.6 is 46.4 Å². The Morgan fingerprint density at radius 2 is 1.31 bits per heavy atom. The molecule has 8 rings (SSSR count). The van der Waals surface area contributed by atoms with Crippen molar-refractivity contribution in [1.82, 2.24) is 15.1 Å². The van der Waals surface area contributed by atoms with Crippen LogP contribution in [0.1, 0.15) is 82.3 Å². The quantitative estimate of drug-likeness (QED) is 0.341. The van der Waals surface area contributed by atoms with Gasteiger partial charge in [-0.15, -0.1) is 0 Å². The van der Waals surface area contributed by atoms with Crippen LogP contribution in [0.2, 0.25) is 20.1 Å². The molecular weight excluding hydrogens is 692 g/mol. The van der Waals surface area contributed by atoms with Gasteiger partial charge in [-0.05, 0) is 122 Å². The zero-order valence-corrected chi connectivity index (χ0v) is 30.7. The lowest BCUT2D eigenvalue weighted by molar-refractivity contribution is -0.180. The first-order valence-corrected chi connectivity index (χ1v) is 18.9. The van der Waals surface area contributed by atoms with Crippen LogP contribution in [0, 0.1) is 11.8 Å². The summed E-state index contributed by atoms with van der Waals surface area (Å²) in [4.78, 5) is 28.0. The zero-order chi connectivity index (χ0) is 33.8. The minimum absolute atomic E-state index is 0.00947. The summed E-state index contributed by atoms with van der Waals surface area (Å²) < 4.78 is 11.7. The summed E-state index contributed by atoms with van der Waals surface area (Å²) >= 11 is 24.7. The van der Waals surface area contributed by atoms with Gasteiger partial charge < -0.3 is 24.6 Å². The molecule has 3 amide bonds. The second-order valence-corrected chi connectivity index (χ2v) is 16.8. The topological polar surface area (TPSA) is 71.1 Å². The molecule has 1 N–H and O–H groups in total. The van der Waals surface area contributed by atoms with Crippen molar-refractivity contribution in [2.75, 3.05) is 33.4 Å². The first-order chi connectivity index (χ1) is 22.9. The number of carbonyl (C=O) groups is 2. The van der Waals surface area contributed by atoms with Crippen molar-refractivity contribution in [3.8, 4) is 0 Å². The monoisotopic (exact) mass is 735 g/mol. The van der Waals surface area contributed by atoms with Crippen LogP contribution in [0.3, 0.4) is 0 Å². The molecular formula is C37H45Cl4N3O4. The summed E-state index contributed by atoms with van der Waals surface area (Å²) in [6.45, 7) is 4.54. The van der Waals surface area contributed by atoms with E-state index in [2.05, 4.69) is 17.4 Å². The number of urea groups is 1. The average molecular weight is 738 g/mol. The molecule has 2 heterocycles. The molecule has 1 spiro atoms. The molecule has 4 saturated carbocycles. The summed E-state index contributed by atoms with van der Waals surface area (Å²) in [6.07, 6.45) is 10.2. The molecule has 2 aromatic rings. The molecule has 7 nitrogen and oxygen atoms in total. The fraction of sp³-hybridized carbons (Fsp3) is 0.622. The molecule has 0 aromatic heterocycles. The van der Waals surface area contributed by atoms with Gasteiger partial charge in [0.2, 0.25) is 5.91 Å².